The first-order chi connectivity index (χ1) is 12.3. The Balaban J connectivity index is 0.000000183. The molecule has 0 bridgehead atoms. The molecule has 2 heterocycles. The number of hydrogen-bond acceptors (Lipinski definition) is 5. The van der Waals surface area contributed by atoms with Gasteiger partial charge in [0.05, 0.1) is 0 Å². The molecule has 2 aromatic rings. The molecule has 3 N–H and O–H groups in total. The molecule has 1 aliphatic carbocycles. The Hall–Kier alpha value is -2.90. The molecule has 4 rings (SSSR count). The summed E-state index contributed by atoms with van der Waals surface area (Å²) < 4.78 is 14.4. The molecule has 0 spiro atoms. The molecule has 1 aromatic heterocycles. The maximum Gasteiger partial charge on any atom is 0.466 e. The molecule has 1 aliphatic heterocycles. The number of fused-ring (bicyclic) bond motifs is 2. The Morgan fingerprint density at radius 3 is 2.12 bits per heavy atom. The van der Waals surface area contributed by atoms with Gasteiger partial charge in [0.25, 0.3) is 0 Å². The third-order valence-electron chi connectivity index (χ3n) is 2.82. The number of pyridine rings is 1. The van der Waals surface area contributed by atoms with E-state index in [2.05, 4.69) is 9.97 Å². The quantitative estimate of drug-likeness (QED) is 0.316. The van der Waals surface area contributed by atoms with Crippen LogP contribution in [0.2, 0.25) is 0 Å². The second-order valence-corrected chi connectivity index (χ2v) is 5.88. The Morgan fingerprint density at radius 2 is 1.54 bits per heavy atom. The van der Waals surface area contributed by atoms with Crippen LogP contribution in [-0.4, -0.2) is 24.6 Å². The normalized spacial score (nSPS) is 10.4. The van der Waals surface area contributed by atoms with E-state index in [1.807, 2.05) is 42.5 Å². The highest BCUT2D eigenvalue weighted by Crippen LogP contribution is 2.25. The van der Waals surface area contributed by atoms with Gasteiger partial charge in [-0.25, -0.2) is 9.55 Å². The minimum absolute atomic E-state index is 0.0664. The SMILES string of the molecule is O=P(O)(O)O.O=c1ccc2nc3ccccc3oc-2c1.c1ccncc1. The van der Waals surface area contributed by atoms with Gasteiger partial charge in [-0.1, -0.05) is 18.2 Å². The molecule has 134 valence electrons. The minimum Gasteiger partial charge on any atom is -0.453 e. The Bertz CT molecular complexity index is 997. The number of benzene rings is 2. The highest BCUT2D eigenvalue weighted by atomic mass is 31.2. The van der Waals surface area contributed by atoms with Crippen LogP contribution in [0.15, 0.2) is 82.3 Å². The lowest BCUT2D eigenvalue weighted by Crippen LogP contribution is -1.99. The number of phosphoric acid groups is 1. The maximum absolute atomic E-state index is 11.1. The lowest BCUT2D eigenvalue weighted by molar-refractivity contribution is 0.275. The van der Waals surface area contributed by atoms with Crippen molar-refractivity contribution in [3.8, 4) is 11.5 Å². The molecule has 0 radical (unpaired) electrons. The van der Waals surface area contributed by atoms with Crippen molar-refractivity contribution in [1.82, 2.24) is 9.97 Å². The van der Waals surface area contributed by atoms with Gasteiger partial charge in [0.1, 0.15) is 11.2 Å². The average Bonchev–Trinajstić information content (AvgIpc) is 2.60. The summed E-state index contributed by atoms with van der Waals surface area (Å²) in [7, 11) is -4.64. The predicted molar refractivity (Wildman–Crippen MR) is 95.4 cm³/mol. The van der Waals surface area contributed by atoms with Crippen molar-refractivity contribution in [3.05, 3.63) is 83.3 Å². The van der Waals surface area contributed by atoms with Gasteiger partial charge in [-0.2, -0.15) is 0 Å². The fourth-order valence-electron chi connectivity index (χ4n) is 1.87. The average molecular weight is 374 g/mol. The van der Waals surface area contributed by atoms with Crippen LogP contribution in [0.5, 0.6) is 0 Å². The Morgan fingerprint density at radius 1 is 0.885 bits per heavy atom. The smallest absolute Gasteiger partial charge is 0.453 e. The highest BCUT2D eigenvalue weighted by Gasteiger charge is 2.07. The van der Waals surface area contributed by atoms with Gasteiger partial charge in [-0.05, 0) is 36.4 Å². The summed E-state index contributed by atoms with van der Waals surface area (Å²) in [6, 6.07) is 17.8. The zero-order valence-corrected chi connectivity index (χ0v) is 14.2. The van der Waals surface area contributed by atoms with Gasteiger partial charge in [0.2, 0.25) is 0 Å². The van der Waals surface area contributed by atoms with Gasteiger partial charge < -0.3 is 19.1 Å². The van der Waals surface area contributed by atoms with Crippen LogP contribution >= 0.6 is 7.82 Å². The predicted octanol–water partition coefficient (Wildman–Crippen LogP) is 2.45. The van der Waals surface area contributed by atoms with Crippen LogP contribution in [0.1, 0.15) is 0 Å². The van der Waals surface area contributed by atoms with Crippen molar-refractivity contribution in [2.75, 3.05) is 0 Å². The first kappa shape index (κ1) is 19.4. The molecule has 0 fully saturated rings. The van der Waals surface area contributed by atoms with Crippen LogP contribution in [0.4, 0.5) is 0 Å². The van der Waals surface area contributed by atoms with Crippen molar-refractivity contribution in [3.63, 3.8) is 0 Å². The maximum atomic E-state index is 11.1. The molecule has 1 aromatic carbocycles. The van der Waals surface area contributed by atoms with Crippen molar-refractivity contribution < 1.29 is 23.7 Å². The van der Waals surface area contributed by atoms with Crippen LogP contribution in [0.3, 0.4) is 0 Å². The van der Waals surface area contributed by atoms with Crippen molar-refractivity contribution >= 4 is 18.9 Å². The fourth-order valence-corrected chi connectivity index (χ4v) is 1.87. The number of nitrogens with zero attached hydrogens (tertiary/aromatic N) is 2. The standard InChI is InChI=1S/C12H7NO2.C5H5N.H3O4P/c14-8-5-6-10-12(7-8)15-11-4-2-1-3-9(11)13-10;1-2-4-6-5-3-1;1-5(2,3)4/h1-7H;1-5H;(H3,1,2,3,4). The zero-order chi connectivity index (χ0) is 19.0. The van der Waals surface area contributed by atoms with Gasteiger partial charge in [-0.15, -0.1) is 0 Å². The van der Waals surface area contributed by atoms with Crippen molar-refractivity contribution in [2.24, 2.45) is 0 Å². The molecular formula is C17H15N2O6P. The number of aromatic nitrogens is 2. The molecule has 2 aliphatic rings. The van der Waals surface area contributed by atoms with Crippen molar-refractivity contribution in [2.45, 2.75) is 0 Å². The van der Waals surface area contributed by atoms with E-state index < -0.39 is 7.82 Å². The summed E-state index contributed by atoms with van der Waals surface area (Å²) >= 11 is 0. The topological polar surface area (TPSA) is 134 Å². The van der Waals surface area contributed by atoms with E-state index in [9.17, 15) is 4.79 Å². The Kier molecular flexibility index (Phi) is 6.71. The molecule has 9 heteroatoms. The molecule has 0 saturated carbocycles. The molecule has 8 nitrogen and oxygen atoms in total. The van der Waals surface area contributed by atoms with E-state index in [4.69, 9.17) is 23.7 Å². The van der Waals surface area contributed by atoms with E-state index in [-0.39, 0.29) is 5.43 Å². The van der Waals surface area contributed by atoms with E-state index >= 15 is 0 Å². The number of hydrogen-bond donors (Lipinski definition) is 3. The molecule has 0 atom stereocenters. The zero-order valence-electron chi connectivity index (χ0n) is 13.3. The van der Waals surface area contributed by atoms with Crippen LogP contribution in [0.25, 0.3) is 22.6 Å². The molecular weight excluding hydrogens is 359 g/mol. The summed E-state index contributed by atoms with van der Waals surface area (Å²) in [5, 5.41) is 0. The summed E-state index contributed by atoms with van der Waals surface area (Å²) in [6.07, 6.45) is 3.50. The highest BCUT2D eigenvalue weighted by molar-refractivity contribution is 7.45. The second-order valence-electron chi connectivity index (χ2n) is 4.85. The van der Waals surface area contributed by atoms with Gasteiger partial charge in [0.15, 0.2) is 16.8 Å². The van der Waals surface area contributed by atoms with Gasteiger partial charge >= 0.3 is 7.82 Å². The first-order valence-corrected chi connectivity index (χ1v) is 8.82. The molecule has 0 amide bonds. The van der Waals surface area contributed by atoms with E-state index in [1.54, 1.807) is 18.5 Å². The summed E-state index contributed by atoms with van der Waals surface area (Å²) in [4.78, 5) is 40.9. The molecule has 26 heavy (non-hydrogen) atoms. The summed E-state index contributed by atoms with van der Waals surface area (Å²) in [6.45, 7) is 0. The van der Waals surface area contributed by atoms with Gasteiger partial charge in [0, 0.05) is 18.5 Å². The summed E-state index contributed by atoms with van der Waals surface area (Å²) in [5.41, 5.74) is 2.12. The van der Waals surface area contributed by atoms with E-state index in [0.29, 0.717) is 17.0 Å². The number of para-hydroxylation sites is 2. The first-order valence-electron chi connectivity index (χ1n) is 7.26. The number of rotatable bonds is 0. The Labute approximate surface area is 148 Å². The van der Waals surface area contributed by atoms with Gasteiger partial charge in [-0.3, -0.25) is 9.78 Å². The second kappa shape index (κ2) is 8.98. The van der Waals surface area contributed by atoms with E-state index in [1.165, 1.54) is 12.1 Å². The monoisotopic (exact) mass is 374 g/mol. The molecule has 0 unspecified atom stereocenters. The van der Waals surface area contributed by atoms with Crippen LogP contribution < -0.4 is 5.43 Å². The third-order valence-corrected chi connectivity index (χ3v) is 2.82. The largest absolute Gasteiger partial charge is 0.466 e. The van der Waals surface area contributed by atoms with Crippen LogP contribution in [0, 0.1) is 0 Å². The minimum atomic E-state index is -4.64. The lowest BCUT2D eigenvalue weighted by atomic mass is 10.2. The fraction of sp³-hybridized carbons (Fsp3) is 0. The summed E-state index contributed by atoms with van der Waals surface area (Å²) in [5.74, 6) is 0.529. The third kappa shape index (κ3) is 6.92. The van der Waals surface area contributed by atoms with Crippen LogP contribution in [-0.2, 0) is 4.57 Å². The van der Waals surface area contributed by atoms with E-state index in [0.717, 1.165) is 5.52 Å². The molecule has 0 saturated heterocycles. The lowest BCUT2D eigenvalue weighted by Gasteiger charge is -2.04. The van der Waals surface area contributed by atoms with Crippen molar-refractivity contribution in [1.29, 1.82) is 0 Å².